The first kappa shape index (κ1) is 15.4. The first-order chi connectivity index (χ1) is 7.84. The number of rotatable bonds is 7. The lowest BCUT2D eigenvalue weighted by molar-refractivity contribution is -0.141. The van der Waals surface area contributed by atoms with Crippen LogP contribution >= 0.6 is 0 Å². The number of carboxylic acid groups (broad SMARTS) is 1. The molecule has 2 atom stereocenters. The van der Waals surface area contributed by atoms with Gasteiger partial charge in [-0.2, -0.15) is 5.10 Å². The average Bonchev–Trinajstić information content (AvgIpc) is 2.21. The molecular weight excluding hydrogens is 222 g/mol. The molecule has 2 amide bonds. The molecule has 0 aromatic carbocycles. The molecule has 0 aliphatic rings. The molecule has 0 radical (unpaired) electrons. The number of primary amides is 1. The van der Waals surface area contributed by atoms with Gasteiger partial charge in [-0.15, -0.1) is 0 Å². The maximum atomic E-state index is 10.7. The van der Waals surface area contributed by atoms with E-state index in [-0.39, 0.29) is 11.8 Å². The smallest absolute Gasteiger partial charge is 0.332 e. The van der Waals surface area contributed by atoms with Gasteiger partial charge in [0.1, 0.15) is 0 Å². The molecule has 0 saturated carbocycles. The molecule has 6 nitrogen and oxygen atoms in total. The number of urea groups is 1. The summed E-state index contributed by atoms with van der Waals surface area (Å²) in [5.41, 5.74) is 7.01. The largest absolute Gasteiger partial charge is 0.481 e. The van der Waals surface area contributed by atoms with Gasteiger partial charge in [0.05, 0.1) is 5.92 Å². The number of carbonyl (C=O) groups is 2. The Balaban J connectivity index is 4.20. The van der Waals surface area contributed by atoms with Crippen molar-refractivity contribution in [1.82, 2.24) is 5.43 Å². The van der Waals surface area contributed by atoms with Gasteiger partial charge in [-0.05, 0) is 24.7 Å². The highest BCUT2D eigenvalue weighted by Gasteiger charge is 2.16. The zero-order chi connectivity index (χ0) is 13.4. The lowest BCUT2D eigenvalue weighted by Gasteiger charge is -2.17. The summed E-state index contributed by atoms with van der Waals surface area (Å²) in [5.74, 6) is -0.702. The molecule has 0 fully saturated rings. The minimum Gasteiger partial charge on any atom is -0.481 e. The van der Waals surface area contributed by atoms with Crippen molar-refractivity contribution in [2.75, 3.05) is 0 Å². The first-order valence-electron chi connectivity index (χ1n) is 5.66. The summed E-state index contributed by atoms with van der Waals surface area (Å²) in [5, 5.41) is 12.5. The number of nitrogens with zero attached hydrogens (tertiary/aromatic N) is 1. The third-order valence-electron chi connectivity index (χ3n) is 2.65. The quantitative estimate of drug-likeness (QED) is 0.465. The van der Waals surface area contributed by atoms with Crippen molar-refractivity contribution in [2.24, 2.45) is 28.6 Å². The monoisotopic (exact) mass is 243 g/mol. The van der Waals surface area contributed by atoms with E-state index in [0.717, 1.165) is 6.42 Å². The number of aliphatic carboxylic acids is 1. The number of hydrazone groups is 1. The molecule has 0 aliphatic carbocycles. The Morgan fingerprint density at radius 3 is 2.35 bits per heavy atom. The molecule has 0 bridgehead atoms. The molecule has 98 valence electrons. The van der Waals surface area contributed by atoms with Crippen molar-refractivity contribution in [3.8, 4) is 0 Å². The molecule has 4 N–H and O–H groups in total. The minimum atomic E-state index is -0.792. The van der Waals surface area contributed by atoms with Crippen LogP contribution in [0.5, 0.6) is 0 Å². The van der Waals surface area contributed by atoms with Gasteiger partial charge in [-0.3, -0.25) is 4.79 Å². The zero-order valence-corrected chi connectivity index (χ0v) is 10.5. The third kappa shape index (κ3) is 7.32. The molecule has 0 aromatic heterocycles. The molecule has 0 aromatic rings. The van der Waals surface area contributed by atoms with Gasteiger partial charge in [0.25, 0.3) is 0 Å². The van der Waals surface area contributed by atoms with Crippen LogP contribution in [0.4, 0.5) is 4.79 Å². The van der Waals surface area contributed by atoms with Crippen LogP contribution in [-0.4, -0.2) is 23.3 Å². The second-order valence-corrected chi connectivity index (χ2v) is 4.48. The Hall–Kier alpha value is -1.59. The summed E-state index contributed by atoms with van der Waals surface area (Å²) in [4.78, 5) is 21.1. The van der Waals surface area contributed by atoms with Crippen molar-refractivity contribution in [3.05, 3.63) is 0 Å². The number of nitrogens with two attached hydrogens (primary N) is 1. The molecule has 6 heteroatoms. The van der Waals surface area contributed by atoms with Gasteiger partial charge < -0.3 is 10.8 Å². The summed E-state index contributed by atoms with van der Waals surface area (Å²) in [6, 6.07) is -0.706. The van der Waals surface area contributed by atoms with E-state index in [0.29, 0.717) is 12.3 Å². The summed E-state index contributed by atoms with van der Waals surface area (Å²) in [7, 11) is 0. The number of amides is 2. The second-order valence-electron chi connectivity index (χ2n) is 4.48. The average molecular weight is 243 g/mol. The van der Waals surface area contributed by atoms with Crippen molar-refractivity contribution in [1.29, 1.82) is 0 Å². The Bertz CT molecular complexity index is 290. The third-order valence-corrected chi connectivity index (χ3v) is 2.65. The molecule has 17 heavy (non-hydrogen) atoms. The topological polar surface area (TPSA) is 105 Å². The fraction of sp³-hybridized carbons (Fsp3) is 0.727. The normalized spacial score (nSPS) is 14.8. The van der Waals surface area contributed by atoms with Crippen molar-refractivity contribution in [2.45, 2.75) is 33.6 Å². The highest BCUT2D eigenvalue weighted by Crippen LogP contribution is 2.18. The molecule has 0 heterocycles. The van der Waals surface area contributed by atoms with Crippen LogP contribution in [0.2, 0.25) is 0 Å². The Labute approximate surface area is 101 Å². The van der Waals surface area contributed by atoms with Crippen LogP contribution in [0, 0.1) is 17.8 Å². The van der Waals surface area contributed by atoms with E-state index in [4.69, 9.17) is 10.8 Å². The Morgan fingerprint density at radius 1 is 1.35 bits per heavy atom. The van der Waals surface area contributed by atoms with Crippen LogP contribution in [0.3, 0.4) is 0 Å². The summed E-state index contributed by atoms with van der Waals surface area (Å²) >= 11 is 0. The van der Waals surface area contributed by atoms with Gasteiger partial charge in [-0.1, -0.05) is 20.8 Å². The van der Waals surface area contributed by atoms with Crippen LogP contribution in [-0.2, 0) is 4.79 Å². The van der Waals surface area contributed by atoms with Gasteiger partial charge >= 0.3 is 12.0 Å². The number of carbonyl (C=O) groups excluding carboxylic acids is 1. The second kappa shape index (κ2) is 7.65. The highest BCUT2D eigenvalue weighted by molar-refractivity contribution is 5.73. The van der Waals surface area contributed by atoms with E-state index in [1.54, 1.807) is 13.1 Å². The number of carboxylic acids is 1. The SMILES string of the molecule is CC(C)[C@@H](/C=N\NC(N)=O)CC[C@@H](C)C(=O)O. The predicted octanol–water partition coefficient (Wildman–Crippen LogP) is 1.41. The van der Waals surface area contributed by atoms with Crippen molar-refractivity contribution >= 4 is 18.2 Å². The van der Waals surface area contributed by atoms with E-state index < -0.39 is 12.0 Å². The van der Waals surface area contributed by atoms with E-state index in [1.165, 1.54) is 0 Å². The fourth-order valence-corrected chi connectivity index (χ4v) is 1.34. The van der Waals surface area contributed by atoms with Crippen molar-refractivity contribution < 1.29 is 14.7 Å². The number of nitrogens with one attached hydrogen (secondary N) is 1. The van der Waals surface area contributed by atoms with E-state index in [1.807, 2.05) is 13.8 Å². The highest BCUT2D eigenvalue weighted by atomic mass is 16.4. The lowest BCUT2D eigenvalue weighted by Crippen LogP contribution is -2.25. The molecule has 0 aliphatic heterocycles. The fourth-order valence-electron chi connectivity index (χ4n) is 1.34. The van der Waals surface area contributed by atoms with E-state index in [2.05, 4.69) is 10.5 Å². The standard InChI is InChI=1S/C11H21N3O3/c1-7(2)9(6-13-14-11(12)17)5-4-8(3)10(15)16/h6-9H,4-5H2,1-3H3,(H,15,16)(H3,12,14,17)/b13-6-/t8-,9-/m1/s1. The van der Waals surface area contributed by atoms with Crippen LogP contribution in [0.1, 0.15) is 33.6 Å². The minimum absolute atomic E-state index is 0.128. The van der Waals surface area contributed by atoms with Gasteiger partial charge in [0, 0.05) is 6.21 Å². The van der Waals surface area contributed by atoms with Gasteiger partial charge in [0.2, 0.25) is 0 Å². The number of hydrogen-bond acceptors (Lipinski definition) is 3. The molecule has 0 unspecified atom stereocenters. The Kier molecular flexibility index (Phi) is 6.93. The zero-order valence-electron chi connectivity index (χ0n) is 10.5. The predicted molar refractivity (Wildman–Crippen MR) is 65.6 cm³/mol. The number of hydrogen-bond donors (Lipinski definition) is 3. The van der Waals surface area contributed by atoms with Crippen LogP contribution in [0.25, 0.3) is 0 Å². The molecule has 0 rings (SSSR count). The molecule has 0 saturated heterocycles. The van der Waals surface area contributed by atoms with Crippen molar-refractivity contribution in [3.63, 3.8) is 0 Å². The lowest BCUT2D eigenvalue weighted by atomic mass is 9.89. The Morgan fingerprint density at radius 2 is 1.94 bits per heavy atom. The first-order valence-corrected chi connectivity index (χ1v) is 5.66. The maximum absolute atomic E-state index is 10.7. The molecular formula is C11H21N3O3. The van der Waals surface area contributed by atoms with Crippen LogP contribution in [0.15, 0.2) is 5.10 Å². The van der Waals surface area contributed by atoms with Crippen LogP contribution < -0.4 is 11.2 Å². The summed E-state index contributed by atoms with van der Waals surface area (Å²) in [6.07, 6.45) is 2.92. The molecule has 0 spiro atoms. The van der Waals surface area contributed by atoms with Gasteiger partial charge in [0.15, 0.2) is 0 Å². The maximum Gasteiger partial charge on any atom is 0.332 e. The van der Waals surface area contributed by atoms with E-state index >= 15 is 0 Å². The van der Waals surface area contributed by atoms with Gasteiger partial charge in [-0.25, -0.2) is 10.2 Å². The van der Waals surface area contributed by atoms with E-state index in [9.17, 15) is 9.59 Å². The summed E-state index contributed by atoms with van der Waals surface area (Å²) < 4.78 is 0. The summed E-state index contributed by atoms with van der Waals surface area (Å²) in [6.45, 7) is 5.72.